The van der Waals surface area contributed by atoms with Gasteiger partial charge in [0.25, 0.3) is 0 Å². The summed E-state index contributed by atoms with van der Waals surface area (Å²) >= 11 is 0. The van der Waals surface area contributed by atoms with E-state index in [1.54, 1.807) is 0 Å². The van der Waals surface area contributed by atoms with Crippen molar-refractivity contribution in [2.24, 2.45) is 0 Å². The average molecular weight is 333 g/mol. The van der Waals surface area contributed by atoms with Gasteiger partial charge in [-0.3, -0.25) is 4.98 Å². The van der Waals surface area contributed by atoms with E-state index in [2.05, 4.69) is 35.8 Å². The van der Waals surface area contributed by atoms with Gasteiger partial charge >= 0.3 is 5.69 Å². The summed E-state index contributed by atoms with van der Waals surface area (Å²) in [5.41, 5.74) is 1.96. The number of hydrogen-bond acceptors (Lipinski definition) is 7. The molecule has 0 fully saturated rings. The first kappa shape index (κ1) is 16.6. The Kier molecular flexibility index (Phi) is 5.55. The van der Waals surface area contributed by atoms with Gasteiger partial charge in [-0.05, 0) is 19.9 Å². The molecule has 2 aromatic heterocycles. The standard InChI is InChI=1S/C15H23N7O2/c1-2-24-9-13-18-11-4-7-16-6-3-10(11)14(19-13)17-8-5-12-20-15(23)22-21-12/h16H,2-9H2,1H3,(H,17,18,19)(H2,20,21,22,23). The van der Waals surface area contributed by atoms with Crippen LogP contribution in [-0.2, 0) is 30.6 Å². The Morgan fingerprint density at radius 3 is 2.92 bits per heavy atom. The second kappa shape index (κ2) is 8.02. The summed E-state index contributed by atoms with van der Waals surface area (Å²) in [6.07, 6.45) is 2.39. The minimum absolute atomic E-state index is 0.286. The van der Waals surface area contributed by atoms with Crippen molar-refractivity contribution in [3.05, 3.63) is 33.4 Å². The molecule has 3 rings (SSSR count). The van der Waals surface area contributed by atoms with Crippen LogP contribution in [0.3, 0.4) is 0 Å². The molecule has 1 aliphatic rings. The first-order valence-electron chi connectivity index (χ1n) is 8.31. The number of rotatable bonds is 7. The van der Waals surface area contributed by atoms with Crippen molar-refractivity contribution in [3.63, 3.8) is 0 Å². The number of nitrogens with one attached hydrogen (secondary N) is 4. The van der Waals surface area contributed by atoms with Gasteiger partial charge in [0.2, 0.25) is 0 Å². The lowest BCUT2D eigenvalue weighted by Gasteiger charge is -2.14. The number of aromatic nitrogens is 5. The van der Waals surface area contributed by atoms with Crippen LogP contribution >= 0.6 is 0 Å². The van der Waals surface area contributed by atoms with Crippen molar-refractivity contribution < 1.29 is 4.74 Å². The number of anilines is 1. The Bertz CT molecular complexity index is 725. The highest BCUT2D eigenvalue weighted by atomic mass is 16.5. The van der Waals surface area contributed by atoms with Crippen LogP contribution in [0.4, 0.5) is 5.82 Å². The normalized spacial score (nSPS) is 14.2. The van der Waals surface area contributed by atoms with E-state index < -0.39 is 0 Å². The summed E-state index contributed by atoms with van der Waals surface area (Å²) in [7, 11) is 0. The topological polar surface area (TPSA) is 121 Å². The van der Waals surface area contributed by atoms with E-state index >= 15 is 0 Å². The third-order valence-electron chi connectivity index (χ3n) is 3.87. The van der Waals surface area contributed by atoms with E-state index in [1.807, 2.05) is 6.92 Å². The predicted molar refractivity (Wildman–Crippen MR) is 89.0 cm³/mol. The number of fused-ring (bicyclic) bond motifs is 1. The smallest absolute Gasteiger partial charge is 0.340 e. The van der Waals surface area contributed by atoms with Crippen LogP contribution in [0.15, 0.2) is 4.79 Å². The highest BCUT2D eigenvalue weighted by Crippen LogP contribution is 2.20. The maximum absolute atomic E-state index is 11.1. The quantitative estimate of drug-likeness (QED) is 0.552. The first-order valence-corrected chi connectivity index (χ1v) is 8.31. The Morgan fingerprint density at radius 1 is 1.25 bits per heavy atom. The van der Waals surface area contributed by atoms with E-state index in [0.29, 0.717) is 37.8 Å². The van der Waals surface area contributed by atoms with Gasteiger partial charge in [-0.15, -0.1) is 0 Å². The van der Waals surface area contributed by atoms with E-state index in [9.17, 15) is 4.79 Å². The van der Waals surface area contributed by atoms with Crippen molar-refractivity contribution in [2.75, 3.05) is 31.6 Å². The number of nitrogens with zero attached hydrogens (tertiary/aromatic N) is 3. The number of hydrogen-bond donors (Lipinski definition) is 4. The number of H-pyrrole nitrogens is 2. The first-order chi connectivity index (χ1) is 11.8. The van der Waals surface area contributed by atoms with E-state index in [1.165, 1.54) is 0 Å². The van der Waals surface area contributed by atoms with Gasteiger partial charge in [0, 0.05) is 38.1 Å². The van der Waals surface area contributed by atoms with Crippen LogP contribution in [0, 0.1) is 0 Å². The average Bonchev–Trinajstić information content (AvgIpc) is 2.85. The molecule has 0 saturated heterocycles. The lowest BCUT2D eigenvalue weighted by atomic mass is 10.1. The molecule has 0 aromatic carbocycles. The molecule has 24 heavy (non-hydrogen) atoms. The zero-order chi connectivity index (χ0) is 16.8. The molecule has 130 valence electrons. The van der Waals surface area contributed by atoms with Gasteiger partial charge < -0.3 is 15.4 Å². The van der Waals surface area contributed by atoms with Gasteiger partial charge in [0.15, 0.2) is 5.82 Å². The summed E-state index contributed by atoms with van der Waals surface area (Å²) in [5.74, 6) is 2.19. The van der Waals surface area contributed by atoms with Crippen molar-refractivity contribution in [2.45, 2.75) is 32.8 Å². The molecule has 0 unspecified atom stereocenters. The maximum Gasteiger partial charge on any atom is 0.340 e. The Labute approximate surface area is 139 Å². The highest BCUT2D eigenvalue weighted by Gasteiger charge is 2.16. The summed E-state index contributed by atoms with van der Waals surface area (Å²) in [6.45, 7) is 5.48. The van der Waals surface area contributed by atoms with E-state index in [-0.39, 0.29) is 5.69 Å². The van der Waals surface area contributed by atoms with Crippen LogP contribution in [0.5, 0.6) is 0 Å². The zero-order valence-electron chi connectivity index (χ0n) is 13.8. The minimum atomic E-state index is -0.286. The third kappa shape index (κ3) is 4.18. The molecule has 4 N–H and O–H groups in total. The van der Waals surface area contributed by atoms with Gasteiger partial charge in [0.05, 0.1) is 5.69 Å². The van der Waals surface area contributed by atoms with Crippen LogP contribution < -0.4 is 16.3 Å². The fourth-order valence-electron chi connectivity index (χ4n) is 2.72. The molecule has 9 nitrogen and oxygen atoms in total. The van der Waals surface area contributed by atoms with Crippen LogP contribution in [0.2, 0.25) is 0 Å². The second-order valence-corrected chi connectivity index (χ2v) is 5.60. The molecular formula is C15H23N7O2. The van der Waals surface area contributed by atoms with Crippen LogP contribution in [-0.4, -0.2) is 51.4 Å². The molecule has 0 saturated carbocycles. The lowest BCUT2D eigenvalue weighted by molar-refractivity contribution is 0.128. The molecule has 0 spiro atoms. The highest BCUT2D eigenvalue weighted by molar-refractivity contribution is 5.47. The van der Waals surface area contributed by atoms with Crippen LogP contribution in [0.1, 0.15) is 29.8 Å². The molecule has 3 heterocycles. The van der Waals surface area contributed by atoms with Crippen molar-refractivity contribution >= 4 is 5.82 Å². The SMILES string of the molecule is CCOCc1nc2c(c(NCCc3n[nH]c(=O)[nH]3)n1)CCNCC2. The van der Waals surface area contributed by atoms with E-state index in [4.69, 9.17) is 4.74 Å². The maximum atomic E-state index is 11.1. The van der Waals surface area contributed by atoms with Gasteiger partial charge in [-0.1, -0.05) is 0 Å². The van der Waals surface area contributed by atoms with Gasteiger partial charge in [-0.2, -0.15) is 5.10 Å². The van der Waals surface area contributed by atoms with Crippen molar-refractivity contribution in [1.82, 2.24) is 30.5 Å². The Hall–Kier alpha value is -2.26. The Balaban J connectivity index is 1.74. The summed E-state index contributed by atoms with van der Waals surface area (Å²) in [4.78, 5) is 23.0. The van der Waals surface area contributed by atoms with Gasteiger partial charge in [-0.25, -0.2) is 19.9 Å². The second-order valence-electron chi connectivity index (χ2n) is 5.60. The van der Waals surface area contributed by atoms with Gasteiger partial charge in [0.1, 0.15) is 18.2 Å². The fourth-order valence-corrected chi connectivity index (χ4v) is 2.72. The number of ether oxygens (including phenoxy) is 1. The van der Waals surface area contributed by atoms with Crippen molar-refractivity contribution in [3.8, 4) is 0 Å². The molecule has 1 aliphatic heterocycles. The molecule has 0 amide bonds. The molecular weight excluding hydrogens is 310 g/mol. The molecule has 0 radical (unpaired) electrons. The monoisotopic (exact) mass is 333 g/mol. The summed E-state index contributed by atoms with van der Waals surface area (Å²) in [5, 5.41) is 13.0. The lowest BCUT2D eigenvalue weighted by Crippen LogP contribution is -2.16. The molecule has 9 heteroatoms. The fraction of sp³-hybridized carbons (Fsp3) is 0.600. The largest absolute Gasteiger partial charge is 0.374 e. The molecule has 0 atom stereocenters. The zero-order valence-corrected chi connectivity index (χ0v) is 13.8. The van der Waals surface area contributed by atoms with Crippen LogP contribution in [0.25, 0.3) is 0 Å². The summed E-state index contributed by atoms with van der Waals surface area (Å²) < 4.78 is 5.45. The van der Waals surface area contributed by atoms with Crippen molar-refractivity contribution in [1.29, 1.82) is 0 Å². The Morgan fingerprint density at radius 2 is 2.12 bits per heavy atom. The molecule has 0 aliphatic carbocycles. The van der Waals surface area contributed by atoms with E-state index in [0.717, 1.165) is 43.0 Å². The minimum Gasteiger partial charge on any atom is -0.374 e. The molecule has 2 aromatic rings. The summed E-state index contributed by atoms with van der Waals surface area (Å²) in [6, 6.07) is 0. The predicted octanol–water partition coefficient (Wildman–Crippen LogP) is -0.233. The third-order valence-corrected chi connectivity index (χ3v) is 3.87. The molecule has 0 bridgehead atoms. The number of aromatic amines is 2.